The standard InChI is InChI=1S/C47H29F2N7/c48-37-21-9-7-19-35(37)46-50-39-23-11-13-25-41(39)55(46)33-27-32(45-53-43(30-15-3-1-4-16-30)52-44(54-45)31-17-5-2-6-18-31)28-34(29-33)56-42-26-14-12-24-40(42)51-47(56)36-20-8-10-22-38(36)49/h1-29H. The van der Waals surface area contributed by atoms with Crippen molar-refractivity contribution in [2.75, 3.05) is 0 Å². The highest BCUT2D eigenvalue weighted by Gasteiger charge is 2.23. The molecule has 56 heavy (non-hydrogen) atoms. The monoisotopic (exact) mass is 729 g/mol. The van der Waals surface area contributed by atoms with Gasteiger partial charge in [0.2, 0.25) is 0 Å². The lowest BCUT2D eigenvalue weighted by Crippen LogP contribution is -2.05. The largest absolute Gasteiger partial charge is 0.292 e. The maximum atomic E-state index is 15.7. The summed E-state index contributed by atoms with van der Waals surface area (Å²) in [6.45, 7) is 0. The lowest BCUT2D eigenvalue weighted by molar-refractivity contribution is 0.629. The predicted octanol–water partition coefficient (Wildman–Crippen LogP) is 11.2. The Balaban J connectivity index is 1.31. The number of hydrogen-bond donors (Lipinski definition) is 0. The molecular weight excluding hydrogens is 701 g/mol. The lowest BCUT2D eigenvalue weighted by Gasteiger charge is -2.17. The van der Waals surface area contributed by atoms with E-state index >= 15 is 8.78 Å². The van der Waals surface area contributed by atoms with Crippen LogP contribution in [0.25, 0.3) is 90.4 Å². The van der Waals surface area contributed by atoms with Gasteiger partial charge in [-0.3, -0.25) is 9.13 Å². The van der Waals surface area contributed by atoms with E-state index in [0.29, 0.717) is 68.2 Å². The van der Waals surface area contributed by atoms with Gasteiger partial charge in [-0.25, -0.2) is 33.7 Å². The molecule has 3 heterocycles. The predicted molar refractivity (Wildman–Crippen MR) is 216 cm³/mol. The van der Waals surface area contributed by atoms with Gasteiger partial charge in [0.05, 0.1) is 44.6 Å². The normalized spacial score (nSPS) is 11.4. The van der Waals surface area contributed by atoms with Crippen LogP contribution in [0.4, 0.5) is 8.78 Å². The fraction of sp³-hybridized carbons (Fsp3) is 0. The van der Waals surface area contributed by atoms with Crippen molar-refractivity contribution in [1.82, 2.24) is 34.1 Å². The number of imidazole rings is 2. The third-order valence-corrected chi connectivity index (χ3v) is 9.73. The van der Waals surface area contributed by atoms with E-state index in [2.05, 4.69) is 0 Å². The molecule has 0 radical (unpaired) electrons. The van der Waals surface area contributed by atoms with Gasteiger partial charge in [-0.2, -0.15) is 0 Å². The Labute approximate surface area is 319 Å². The molecule has 3 aromatic heterocycles. The van der Waals surface area contributed by atoms with Gasteiger partial charge in [-0.15, -0.1) is 0 Å². The second kappa shape index (κ2) is 13.6. The van der Waals surface area contributed by atoms with Crippen molar-refractivity contribution in [3.8, 4) is 68.3 Å². The van der Waals surface area contributed by atoms with Crippen molar-refractivity contribution in [1.29, 1.82) is 0 Å². The zero-order valence-electron chi connectivity index (χ0n) is 29.6. The molecule has 0 N–H and O–H groups in total. The van der Waals surface area contributed by atoms with E-state index in [0.717, 1.165) is 22.2 Å². The Kier molecular flexibility index (Phi) is 8.03. The first kappa shape index (κ1) is 33.0. The summed E-state index contributed by atoms with van der Waals surface area (Å²) in [7, 11) is 0. The van der Waals surface area contributed by atoms with Gasteiger partial charge in [0.25, 0.3) is 0 Å². The molecule has 0 atom stereocenters. The molecule has 0 bridgehead atoms. The molecule has 0 saturated carbocycles. The summed E-state index contributed by atoms with van der Waals surface area (Å²) >= 11 is 0. The first-order valence-electron chi connectivity index (χ1n) is 18.1. The molecule has 9 heteroatoms. The van der Waals surface area contributed by atoms with Crippen molar-refractivity contribution >= 4 is 22.1 Å². The van der Waals surface area contributed by atoms with Crippen molar-refractivity contribution in [3.05, 3.63) is 188 Å². The van der Waals surface area contributed by atoms with Crippen LogP contribution in [0.15, 0.2) is 176 Å². The molecule has 0 aliphatic rings. The molecule has 0 aliphatic heterocycles. The van der Waals surface area contributed by atoms with E-state index in [1.54, 1.807) is 36.4 Å². The number of halogens is 2. The molecule has 0 spiro atoms. The van der Waals surface area contributed by atoms with Crippen molar-refractivity contribution < 1.29 is 8.78 Å². The van der Waals surface area contributed by atoms with Gasteiger partial charge < -0.3 is 0 Å². The maximum absolute atomic E-state index is 15.7. The van der Waals surface area contributed by atoms with Crippen molar-refractivity contribution in [2.24, 2.45) is 0 Å². The number of fused-ring (bicyclic) bond motifs is 2. The summed E-state index contributed by atoms with van der Waals surface area (Å²) in [5, 5.41) is 0. The van der Waals surface area contributed by atoms with Crippen molar-refractivity contribution in [2.45, 2.75) is 0 Å². The third-order valence-electron chi connectivity index (χ3n) is 9.73. The zero-order chi connectivity index (χ0) is 37.6. The van der Waals surface area contributed by atoms with Crippen LogP contribution >= 0.6 is 0 Å². The van der Waals surface area contributed by atoms with Gasteiger partial charge in [0.15, 0.2) is 17.5 Å². The Morgan fingerprint density at radius 2 is 0.714 bits per heavy atom. The fourth-order valence-electron chi connectivity index (χ4n) is 7.14. The highest BCUT2D eigenvalue weighted by atomic mass is 19.1. The molecular formula is C47H29F2N7. The molecule has 0 saturated heterocycles. The van der Waals surface area contributed by atoms with E-state index in [9.17, 15) is 0 Å². The Bertz CT molecular complexity index is 2870. The van der Waals surface area contributed by atoms with Crippen LogP contribution in [0.1, 0.15) is 0 Å². The number of nitrogens with zero attached hydrogens (tertiary/aromatic N) is 7. The zero-order valence-corrected chi connectivity index (χ0v) is 29.6. The van der Waals surface area contributed by atoms with Crippen LogP contribution < -0.4 is 0 Å². The quantitative estimate of drug-likeness (QED) is 0.163. The second-order valence-corrected chi connectivity index (χ2v) is 13.3. The summed E-state index contributed by atoms with van der Waals surface area (Å²) in [6, 6.07) is 54.1. The molecule has 7 nitrogen and oxygen atoms in total. The van der Waals surface area contributed by atoms with Crippen molar-refractivity contribution in [3.63, 3.8) is 0 Å². The summed E-state index contributed by atoms with van der Waals surface area (Å²) in [6.07, 6.45) is 0. The SMILES string of the molecule is Fc1ccccc1-c1nc2ccccc2n1-c1cc(-c2nc(-c3ccccc3)nc(-c3ccccc3)n2)cc(-n2c(-c3ccccc3F)nc3ccccc32)c1. The van der Waals surface area contributed by atoms with Crippen LogP contribution in [0, 0.1) is 11.6 Å². The molecule has 10 rings (SSSR count). The lowest BCUT2D eigenvalue weighted by atomic mass is 10.1. The van der Waals surface area contributed by atoms with Gasteiger partial charge >= 0.3 is 0 Å². The minimum atomic E-state index is -0.402. The Hall–Kier alpha value is -7.65. The summed E-state index contributed by atoms with van der Waals surface area (Å²) in [5.74, 6) is 1.45. The number of rotatable bonds is 7. The fourth-order valence-corrected chi connectivity index (χ4v) is 7.14. The van der Waals surface area contributed by atoms with Crippen LogP contribution in [-0.2, 0) is 0 Å². The van der Waals surface area contributed by atoms with Gasteiger partial charge in [-0.05, 0) is 66.7 Å². The summed E-state index contributed by atoms with van der Waals surface area (Å²) < 4.78 is 35.3. The maximum Gasteiger partial charge on any atom is 0.164 e. The van der Waals surface area contributed by atoms with Crippen LogP contribution in [0.3, 0.4) is 0 Å². The minimum absolute atomic E-state index is 0.341. The Morgan fingerprint density at radius 3 is 1.16 bits per heavy atom. The highest BCUT2D eigenvalue weighted by Crippen LogP contribution is 2.37. The average molecular weight is 730 g/mol. The molecule has 0 unspecified atom stereocenters. The smallest absolute Gasteiger partial charge is 0.164 e. The molecule has 7 aromatic carbocycles. The van der Waals surface area contributed by atoms with Gasteiger partial charge in [0.1, 0.15) is 23.3 Å². The number of benzene rings is 7. The molecule has 0 aliphatic carbocycles. The topological polar surface area (TPSA) is 74.3 Å². The van der Waals surface area contributed by atoms with E-state index in [-0.39, 0.29) is 0 Å². The first-order chi connectivity index (χ1) is 27.6. The first-order valence-corrected chi connectivity index (χ1v) is 18.1. The Morgan fingerprint density at radius 1 is 0.339 bits per heavy atom. The average Bonchev–Trinajstić information content (AvgIpc) is 3.84. The molecule has 0 fully saturated rings. The number of para-hydroxylation sites is 4. The summed E-state index contributed by atoms with van der Waals surface area (Å²) in [4.78, 5) is 25.0. The second-order valence-electron chi connectivity index (χ2n) is 13.3. The minimum Gasteiger partial charge on any atom is -0.292 e. The number of hydrogen-bond acceptors (Lipinski definition) is 5. The van der Waals surface area contributed by atoms with Gasteiger partial charge in [-0.1, -0.05) is 109 Å². The van der Waals surface area contributed by atoms with Crippen LogP contribution in [0.2, 0.25) is 0 Å². The van der Waals surface area contributed by atoms with Crippen LogP contribution in [-0.4, -0.2) is 34.1 Å². The number of aromatic nitrogens is 7. The molecule has 266 valence electrons. The third kappa shape index (κ3) is 5.79. The molecule has 0 amide bonds. The van der Waals surface area contributed by atoms with E-state index in [4.69, 9.17) is 24.9 Å². The van der Waals surface area contributed by atoms with E-state index < -0.39 is 11.6 Å². The van der Waals surface area contributed by atoms with Crippen LogP contribution in [0.5, 0.6) is 0 Å². The van der Waals surface area contributed by atoms with E-state index in [1.807, 2.05) is 137 Å². The van der Waals surface area contributed by atoms with E-state index in [1.165, 1.54) is 12.1 Å². The highest BCUT2D eigenvalue weighted by molar-refractivity contribution is 5.87. The summed E-state index contributed by atoms with van der Waals surface area (Å²) in [5.41, 5.74) is 7.21. The molecule has 10 aromatic rings. The van der Waals surface area contributed by atoms with Gasteiger partial charge in [0, 0.05) is 16.7 Å².